The Balaban J connectivity index is 0.0000000987. The van der Waals surface area contributed by atoms with Gasteiger partial charge in [0.2, 0.25) is 0 Å². The van der Waals surface area contributed by atoms with Gasteiger partial charge in [0.1, 0.15) is 11.2 Å². The van der Waals surface area contributed by atoms with E-state index in [0.29, 0.717) is 0 Å². The molecule has 668 valence electrons. The Morgan fingerprint density at radius 3 is 1.15 bits per heavy atom. The van der Waals surface area contributed by atoms with Crippen molar-refractivity contribution >= 4 is 196 Å². The van der Waals surface area contributed by atoms with Gasteiger partial charge in [-0.05, 0) is 296 Å². The summed E-state index contributed by atoms with van der Waals surface area (Å²) in [5, 5.41) is 23.7. The molecule has 7 heteroatoms. The fourth-order valence-electron chi connectivity index (χ4n) is 26.0. The summed E-state index contributed by atoms with van der Waals surface area (Å²) in [5.74, 6) is 0. The number of hydrogen-bond acceptors (Lipinski definition) is 4. The first-order valence-corrected chi connectivity index (χ1v) is 50.6. The summed E-state index contributed by atoms with van der Waals surface area (Å²) in [4.78, 5) is 4.71. The van der Waals surface area contributed by atoms with Crippen LogP contribution in [-0.2, 0) is 10.8 Å². The number of benzene rings is 23. The van der Waals surface area contributed by atoms with Gasteiger partial charge in [0.05, 0.1) is 33.1 Å². The Morgan fingerprint density at radius 2 is 0.573 bits per heavy atom. The minimum Gasteiger partial charge on any atom is -0.456 e. The SMILES string of the molecule is CC1(C)c2cccc3c2-c2c1ccc1ccc4c(c21)c1c-3cccc1n4-c1cccc(N(c2ccccc2)c2ccc3c(c2)oc2ccccc23)c1.CC1(C)c2cccc3c2-c2c1ccc1ccc4c(c21)c1c-3cccc1n4-c1cccc(N(c2ccccc2)c2ccc3ccccc3c2)c1.c1ccc(-c2cccc(-c3cccc(-n4c5cccc6c5c5c7c(ccc8sc9cccc-6c9c87)ccc54)c3)c2)cc1. The fourth-order valence-corrected chi connectivity index (χ4v) is 27.2. The lowest BCUT2D eigenvalue weighted by atomic mass is 9.81. The quantitative estimate of drug-likeness (QED) is 0.129. The third-order valence-electron chi connectivity index (χ3n) is 32.2. The summed E-state index contributed by atoms with van der Waals surface area (Å²) >= 11 is 1.91. The summed E-state index contributed by atoms with van der Waals surface area (Å²) < 4.78 is 16.6. The molecule has 28 aromatic rings. The van der Waals surface area contributed by atoms with E-state index >= 15 is 0 Å². The van der Waals surface area contributed by atoms with E-state index in [4.69, 9.17) is 4.42 Å². The number of rotatable bonds is 11. The van der Waals surface area contributed by atoms with Crippen LogP contribution in [0.25, 0.3) is 246 Å². The number of aromatic nitrogens is 3. The van der Waals surface area contributed by atoms with Crippen molar-refractivity contribution in [3.8, 4) is 95.0 Å². The first-order valence-electron chi connectivity index (χ1n) is 49.7. The monoisotopic (exact) mass is 1840 g/mol. The largest absolute Gasteiger partial charge is 0.456 e. The van der Waals surface area contributed by atoms with Gasteiger partial charge in [-0.2, -0.15) is 0 Å². The van der Waals surface area contributed by atoms with Gasteiger partial charge in [-0.25, -0.2) is 0 Å². The van der Waals surface area contributed by atoms with E-state index in [0.717, 1.165) is 67.4 Å². The molecule has 0 N–H and O–H groups in total. The number of thiophene rings is 1. The molecule has 5 aromatic heterocycles. The Labute approximate surface area is 828 Å². The third-order valence-corrected chi connectivity index (χ3v) is 33.3. The van der Waals surface area contributed by atoms with Crippen molar-refractivity contribution in [1.29, 1.82) is 0 Å². The van der Waals surface area contributed by atoms with Crippen molar-refractivity contribution in [2.24, 2.45) is 0 Å². The van der Waals surface area contributed by atoms with Crippen LogP contribution in [0.3, 0.4) is 0 Å². The number of anilines is 6. The molecule has 5 aliphatic rings. The Bertz CT molecular complexity index is 10500. The van der Waals surface area contributed by atoms with Gasteiger partial charge in [-0.15, -0.1) is 11.3 Å². The van der Waals surface area contributed by atoms with Crippen molar-refractivity contribution in [2.45, 2.75) is 38.5 Å². The van der Waals surface area contributed by atoms with E-state index < -0.39 is 0 Å². The number of hydrogen-bond donors (Lipinski definition) is 0. The normalized spacial score (nSPS) is 13.3. The molecule has 0 spiro atoms. The number of fused-ring (bicyclic) bond motifs is 7. The highest BCUT2D eigenvalue weighted by Crippen LogP contribution is 2.63. The molecule has 0 bridgehead atoms. The number of para-hydroxylation sites is 3. The van der Waals surface area contributed by atoms with Gasteiger partial charge in [0, 0.05) is 137 Å². The molecule has 0 radical (unpaired) electrons. The van der Waals surface area contributed by atoms with Crippen LogP contribution in [0, 0.1) is 0 Å². The standard InChI is InChI=1S/C49H32N2O.C47H32N2.C40H23NS/c1-49(2)38-18-9-16-36-37-17-10-19-40-46(37)48-41(26-22-29-21-25-39(49)47(44(29)48)45(36)38)51(40)32-14-8-13-31(27-32)50(30-11-4-3-5-12-30)33-23-24-35-34-15-6-7-20-42(34)52-43(35)28-33;1-47(2)38-19-9-17-36-37-18-10-20-40-44(37)46-41(26-23-30-22-25-39(47)45(42(30)46)43(36)38)49(40)34-16-8-15-33(28-34)48(32-13-4-3-5-14-32)35-24-21-29-11-6-7-12-31(29)27-35;1-2-8-24(9-3-1)26-10-4-11-27(22-26)28-12-5-13-29(23-28)41-32-16-6-14-30-31-15-7-17-34-38(31)40-35(42-34)21-19-25-18-20-33(41)39(36(25)40)37(30)32/h3-28H,1-2H3;3-28H,1-2H3;1-23H. The predicted octanol–water partition coefficient (Wildman–Crippen LogP) is 38.1. The molecule has 0 atom stereocenters. The zero-order chi connectivity index (χ0) is 94.1. The maximum absolute atomic E-state index is 6.37. The van der Waals surface area contributed by atoms with Gasteiger partial charge in [-0.1, -0.05) is 319 Å². The maximum Gasteiger partial charge on any atom is 0.137 e. The molecule has 143 heavy (non-hydrogen) atoms. The van der Waals surface area contributed by atoms with Crippen LogP contribution in [0.4, 0.5) is 34.1 Å². The third kappa shape index (κ3) is 11.3. The van der Waals surface area contributed by atoms with Crippen LogP contribution in [0.15, 0.2) is 459 Å². The highest BCUT2D eigenvalue weighted by molar-refractivity contribution is 7.26. The maximum atomic E-state index is 6.37. The van der Waals surface area contributed by atoms with Crippen molar-refractivity contribution in [2.75, 3.05) is 9.80 Å². The Morgan fingerprint density at radius 1 is 0.203 bits per heavy atom. The first-order chi connectivity index (χ1) is 70.5. The summed E-state index contributed by atoms with van der Waals surface area (Å²) in [7, 11) is 0. The minimum atomic E-state index is -0.0639. The summed E-state index contributed by atoms with van der Waals surface area (Å²) in [6.07, 6.45) is 0. The van der Waals surface area contributed by atoms with E-state index in [-0.39, 0.29) is 10.8 Å². The second kappa shape index (κ2) is 29.8. The lowest BCUT2D eigenvalue weighted by Crippen LogP contribution is -2.14. The highest BCUT2D eigenvalue weighted by atomic mass is 32.1. The highest BCUT2D eigenvalue weighted by Gasteiger charge is 2.43. The lowest BCUT2D eigenvalue weighted by Gasteiger charge is -2.26. The second-order valence-corrected chi connectivity index (χ2v) is 41.5. The minimum absolute atomic E-state index is 0.0526. The molecule has 0 saturated heterocycles. The van der Waals surface area contributed by atoms with Gasteiger partial charge in [-0.3, -0.25) is 0 Å². The molecule has 23 aromatic carbocycles. The second-order valence-electron chi connectivity index (χ2n) is 40.4. The van der Waals surface area contributed by atoms with Gasteiger partial charge >= 0.3 is 0 Å². The van der Waals surface area contributed by atoms with Crippen LogP contribution in [-0.4, -0.2) is 13.7 Å². The molecule has 0 unspecified atom stereocenters. The average molecular weight is 1840 g/mol. The molecule has 0 saturated carbocycles. The predicted molar refractivity (Wildman–Crippen MR) is 605 cm³/mol. The summed E-state index contributed by atoms with van der Waals surface area (Å²) in [5.41, 5.74) is 43.5. The molecular formula is C136H87N5OS. The van der Waals surface area contributed by atoms with E-state index in [9.17, 15) is 0 Å². The van der Waals surface area contributed by atoms with Gasteiger partial charge in [0.15, 0.2) is 0 Å². The van der Waals surface area contributed by atoms with Crippen LogP contribution in [0.5, 0.6) is 0 Å². The van der Waals surface area contributed by atoms with Crippen LogP contribution in [0.2, 0.25) is 0 Å². The fraction of sp³-hybridized carbons (Fsp3) is 0.0441. The zero-order valence-electron chi connectivity index (χ0n) is 78.9. The van der Waals surface area contributed by atoms with Gasteiger partial charge < -0.3 is 27.9 Å². The van der Waals surface area contributed by atoms with Crippen LogP contribution >= 0.6 is 11.3 Å². The van der Waals surface area contributed by atoms with E-state index in [2.05, 4.69) is 494 Å². The Kier molecular flexibility index (Phi) is 16.7. The van der Waals surface area contributed by atoms with Crippen LogP contribution in [0.1, 0.15) is 49.9 Å². The molecule has 33 rings (SSSR count). The topological polar surface area (TPSA) is 34.4 Å². The van der Waals surface area contributed by atoms with Crippen molar-refractivity contribution in [3.05, 3.63) is 477 Å². The first kappa shape index (κ1) is 80.1. The molecule has 0 amide bonds. The van der Waals surface area contributed by atoms with E-state index in [1.165, 1.54) is 235 Å². The van der Waals surface area contributed by atoms with E-state index in [1.807, 2.05) is 23.5 Å². The van der Waals surface area contributed by atoms with Crippen molar-refractivity contribution in [1.82, 2.24) is 13.7 Å². The molecule has 5 heterocycles. The number of furan rings is 1. The van der Waals surface area contributed by atoms with E-state index in [1.54, 1.807) is 0 Å². The van der Waals surface area contributed by atoms with Gasteiger partial charge in [0.25, 0.3) is 0 Å². The smallest absolute Gasteiger partial charge is 0.137 e. The van der Waals surface area contributed by atoms with Crippen LogP contribution < -0.4 is 9.80 Å². The molecule has 5 aliphatic carbocycles. The zero-order valence-corrected chi connectivity index (χ0v) is 79.7. The van der Waals surface area contributed by atoms with Crippen molar-refractivity contribution < 1.29 is 4.42 Å². The molecule has 6 nitrogen and oxygen atoms in total. The summed E-state index contributed by atoms with van der Waals surface area (Å²) in [6.45, 7) is 9.55. The number of nitrogens with zero attached hydrogens (tertiary/aromatic N) is 5. The molecular weight excluding hydrogens is 1750 g/mol. The average Bonchev–Trinajstić information content (AvgIpc) is 1.51. The molecule has 0 fully saturated rings. The summed E-state index contributed by atoms with van der Waals surface area (Å²) in [6, 6.07) is 168. The van der Waals surface area contributed by atoms with Crippen molar-refractivity contribution in [3.63, 3.8) is 0 Å². The Hall–Kier alpha value is -17.9. The molecule has 0 aliphatic heterocycles. The lowest BCUT2D eigenvalue weighted by molar-refractivity contribution is 0.661.